The van der Waals surface area contributed by atoms with Crippen LogP contribution in [0.5, 0.6) is 0 Å². The van der Waals surface area contributed by atoms with Gasteiger partial charge in [0.25, 0.3) is 0 Å². The Morgan fingerprint density at radius 1 is 1.05 bits per heavy atom. The van der Waals surface area contributed by atoms with E-state index in [1.165, 1.54) is 17.6 Å². The third kappa shape index (κ3) is 2.27. The number of carboxylic acids is 1. The molecule has 2 saturated carbocycles. The van der Waals surface area contributed by atoms with Crippen LogP contribution in [0.2, 0.25) is 0 Å². The molecule has 0 aromatic rings. The molecule has 3 rings (SSSR count). The number of fused-ring (bicyclic) bond motifs is 2. The molecule has 2 bridgehead atoms. The van der Waals surface area contributed by atoms with Crippen LogP contribution in [0.25, 0.3) is 0 Å². The highest BCUT2D eigenvalue weighted by Crippen LogP contribution is 2.57. The fourth-order valence-corrected chi connectivity index (χ4v) is 5.20. The summed E-state index contributed by atoms with van der Waals surface area (Å²) in [7, 11) is 0. The molecule has 1 N–H and O–H groups in total. The highest BCUT2D eigenvalue weighted by molar-refractivity contribution is 5.88. The van der Waals surface area contributed by atoms with Gasteiger partial charge in [-0.1, -0.05) is 11.1 Å². The van der Waals surface area contributed by atoms with Gasteiger partial charge in [-0.05, 0) is 64.7 Å². The van der Waals surface area contributed by atoms with Crippen molar-refractivity contribution in [3.63, 3.8) is 0 Å². The van der Waals surface area contributed by atoms with Crippen molar-refractivity contribution in [1.29, 1.82) is 0 Å². The molecule has 0 aromatic carbocycles. The van der Waals surface area contributed by atoms with Crippen LogP contribution < -0.4 is 0 Å². The van der Waals surface area contributed by atoms with Crippen molar-refractivity contribution in [2.75, 3.05) is 6.54 Å². The molecule has 1 amide bonds. The van der Waals surface area contributed by atoms with E-state index in [-0.39, 0.29) is 29.7 Å². The summed E-state index contributed by atoms with van der Waals surface area (Å²) in [6.07, 6.45) is 5.17. The summed E-state index contributed by atoms with van der Waals surface area (Å²) in [4.78, 5) is 26.9. The van der Waals surface area contributed by atoms with E-state index in [4.69, 9.17) is 0 Å². The van der Waals surface area contributed by atoms with Gasteiger partial charge in [0.1, 0.15) is 0 Å². The van der Waals surface area contributed by atoms with Gasteiger partial charge < -0.3 is 10.0 Å². The third-order valence-electron chi connectivity index (χ3n) is 6.08. The van der Waals surface area contributed by atoms with Crippen LogP contribution in [0.4, 0.5) is 0 Å². The first-order valence-electron chi connectivity index (χ1n) is 8.64. The van der Waals surface area contributed by atoms with Gasteiger partial charge in [0.15, 0.2) is 0 Å². The Hall–Kier alpha value is -1.32. The lowest BCUT2D eigenvalue weighted by Crippen LogP contribution is -2.49. The normalized spacial score (nSPS) is 37.5. The van der Waals surface area contributed by atoms with Crippen molar-refractivity contribution < 1.29 is 14.7 Å². The highest BCUT2D eigenvalue weighted by atomic mass is 16.4. The average molecular weight is 305 g/mol. The van der Waals surface area contributed by atoms with Crippen LogP contribution in [0, 0.1) is 23.7 Å². The SMILES string of the molecule is CC(C)=C1[C@H]2CC[C@H]1[C@@H](C(=O)O)[C@H]2C(=O)N1CCCC[C@H]1C. The van der Waals surface area contributed by atoms with Crippen LogP contribution in [-0.4, -0.2) is 34.5 Å². The summed E-state index contributed by atoms with van der Waals surface area (Å²) in [5.74, 6) is -1.27. The molecule has 1 aliphatic heterocycles. The molecule has 4 heteroatoms. The number of amides is 1. The molecule has 3 fully saturated rings. The highest BCUT2D eigenvalue weighted by Gasteiger charge is 2.58. The smallest absolute Gasteiger partial charge is 0.307 e. The topological polar surface area (TPSA) is 57.6 Å². The van der Waals surface area contributed by atoms with Gasteiger partial charge in [-0.15, -0.1) is 0 Å². The largest absolute Gasteiger partial charge is 0.481 e. The number of hydrogen-bond acceptors (Lipinski definition) is 2. The molecule has 2 aliphatic carbocycles. The third-order valence-corrected chi connectivity index (χ3v) is 6.08. The van der Waals surface area contributed by atoms with Gasteiger partial charge in [0.2, 0.25) is 5.91 Å². The maximum atomic E-state index is 13.1. The molecular formula is C18H27NO3. The van der Waals surface area contributed by atoms with Gasteiger partial charge in [0, 0.05) is 12.6 Å². The summed E-state index contributed by atoms with van der Waals surface area (Å²) >= 11 is 0. The van der Waals surface area contributed by atoms with E-state index in [2.05, 4.69) is 20.8 Å². The summed E-state index contributed by atoms with van der Waals surface area (Å²) in [5, 5.41) is 9.73. The van der Waals surface area contributed by atoms with Gasteiger partial charge in [-0.3, -0.25) is 9.59 Å². The second kappa shape index (κ2) is 5.71. The predicted molar refractivity (Wildman–Crippen MR) is 84.2 cm³/mol. The lowest BCUT2D eigenvalue weighted by atomic mass is 9.78. The molecule has 4 nitrogen and oxygen atoms in total. The van der Waals surface area contributed by atoms with Crippen LogP contribution in [0.3, 0.4) is 0 Å². The maximum absolute atomic E-state index is 13.1. The van der Waals surface area contributed by atoms with Crippen molar-refractivity contribution in [2.24, 2.45) is 23.7 Å². The number of nitrogens with zero attached hydrogens (tertiary/aromatic N) is 1. The molecule has 1 heterocycles. The minimum Gasteiger partial charge on any atom is -0.481 e. The minimum atomic E-state index is -0.783. The zero-order valence-corrected chi connectivity index (χ0v) is 13.8. The number of carbonyl (C=O) groups excluding carboxylic acids is 1. The van der Waals surface area contributed by atoms with Crippen molar-refractivity contribution in [1.82, 2.24) is 4.90 Å². The Bertz CT molecular complexity index is 520. The number of hydrogen-bond donors (Lipinski definition) is 1. The first kappa shape index (κ1) is 15.6. The molecule has 1 saturated heterocycles. The lowest BCUT2D eigenvalue weighted by molar-refractivity contribution is -0.154. The summed E-state index contributed by atoms with van der Waals surface area (Å²) < 4.78 is 0. The van der Waals surface area contributed by atoms with Crippen LogP contribution >= 0.6 is 0 Å². The molecule has 0 unspecified atom stereocenters. The van der Waals surface area contributed by atoms with Gasteiger partial charge >= 0.3 is 5.97 Å². The Kier molecular flexibility index (Phi) is 4.04. The van der Waals surface area contributed by atoms with Crippen molar-refractivity contribution in [3.8, 4) is 0 Å². The van der Waals surface area contributed by atoms with Crippen molar-refractivity contribution >= 4 is 11.9 Å². The number of rotatable bonds is 2. The van der Waals surface area contributed by atoms with E-state index in [1.54, 1.807) is 0 Å². The Morgan fingerprint density at radius 3 is 2.23 bits per heavy atom. The van der Waals surface area contributed by atoms with E-state index < -0.39 is 11.9 Å². The minimum absolute atomic E-state index is 0.0848. The number of carbonyl (C=O) groups is 2. The molecule has 122 valence electrons. The van der Waals surface area contributed by atoms with E-state index in [0.29, 0.717) is 0 Å². The first-order valence-corrected chi connectivity index (χ1v) is 8.64. The summed E-state index contributed by atoms with van der Waals surface area (Å²) in [5.41, 5.74) is 2.50. The van der Waals surface area contributed by atoms with Crippen molar-refractivity contribution in [2.45, 2.75) is 58.9 Å². The molecule has 0 aromatic heterocycles. The van der Waals surface area contributed by atoms with E-state index in [1.807, 2.05) is 4.90 Å². The second-order valence-corrected chi connectivity index (χ2v) is 7.51. The molecule has 0 spiro atoms. The first-order chi connectivity index (χ1) is 10.4. The number of likely N-dealkylation sites (tertiary alicyclic amines) is 1. The lowest BCUT2D eigenvalue weighted by Gasteiger charge is -2.38. The Balaban J connectivity index is 1.93. The Labute approximate surface area is 132 Å². The van der Waals surface area contributed by atoms with Crippen LogP contribution in [0.15, 0.2) is 11.1 Å². The zero-order valence-electron chi connectivity index (χ0n) is 13.8. The number of carboxylic acid groups (broad SMARTS) is 1. The molecule has 0 radical (unpaired) electrons. The second-order valence-electron chi connectivity index (χ2n) is 7.51. The van der Waals surface area contributed by atoms with Crippen LogP contribution in [0.1, 0.15) is 52.9 Å². The van der Waals surface area contributed by atoms with Crippen LogP contribution in [-0.2, 0) is 9.59 Å². The molecule has 5 atom stereocenters. The maximum Gasteiger partial charge on any atom is 0.307 e. The van der Waals surface area contributed by atoms with E-state index in [9.17, 15) is 14.7 Å². The summed E-state index contributed by atoms with van der Waals surface area (Å²) in [6.45, 7) is 7.03. The zero-order chi connectivity index (χ0) is 16.0. The molecular weight excluding hydrogens is 278 g/mol. The number of aliphatic carboxylic acids is 1. The van der Waals surface area contributed by atoms with E-state index in [0.717, 1.165) is 32.2 Å². The standard InChI is InChI=1S/C18H27NO3/c1-10(2)14-12-7-8-13(14)16(18(21)22)15(12)17(20)19-9-5-4-6-11(19)3/h11-13,15-16H,4-9H2,1-3H3,(H,21,22)/t11-,12-,13-,15+,16-/m1/s1. The summed E-state index contributed by atoms with van der Waals surface area (Å²) in [6, 6.07) is 0.255. The molecule has 3 aliphatic rings. The van der Waals surface area contributed by atoms with E-state index >= 15 is 0 Å². The number of allylic oxidation sites excluding steroid dienone is 2. The Morgan fingerprint density at radius 2 is 1.68 bits per heavy atom. The monoisotopic (exact) mass is 305 g/mol. The predicted octanol–water partition coefficient (Wildman–Crippen LogP) is 3.08. The fraction of sp³-hybridized carbons (Fsp3) is 0.778. The van der Waals surface area contributed by atoms with Gasteiger partial charge in [0.05, 0.1) is 11.8 Å². The molecule has 22 heavy (non-hydrogen) atoms. The van der Waals surface area contributed by atoms with Gasteiger partial charge in [-0.2, -0.15) is 0 Å². The number of piperidine rings is 1. The van der Waals surface area contributed by atoms with Crippen molar-refractivity contribution in [3.05, 3.63) is 11.1 Å². The fourth-order valence-electron chi connectivity index (χ4n) is 5.20. The average Bonchev–Trinajstić information content (AvgIpc) is 3.02. The quantitative estimate of drug-likeness (QED) is 0.798. The van der Waals surface area contributed by atoms with Gasteiger partial charge in [-0.25, -0.2) is 0 Å².